The number of methoxy groups -OCH3 is 1. The van der Waals surface area contributed by atoms with E-state index in [-0.39, 0.29) is 6.54 Å². The SMILES string of the molecule is COc1ccc(CN(CCc2cc(C)c(OCc3ccccc3)c(C)c2)S(=O)(=O)c2ccc(C)cc2)cc1. The molecule has 0 aromatic heterocycles. The minimum absolute atomic E-state index is 0.274. The zero-order valence-electron chi connectivity index (χ0n) is 22.5. The zero-order valence-corrected chi connectivity index (χ0v) is 23.3. The van der Waals surface area contributed by atoms with Gasteiger partial charge in [0.1, 0.15) is 18.1 Å². The van der Waals surface area contributed by atoms with Crippen LogP contribution in [0.2, 0.25) is 0 Å². The van der Waals surface area contributed by atoms with Crippen LogP contribution in [0.25, 0.3) is 0 Å². The van der Waals surface area contributed by atoms with Crippen LogP contribution in [0.3, 0.4) is 0 Å². The lowest BCUT2D eigenvalue weighted by atomic mass is 10.0. The second-order valence-electron chi connectivity index (χ2n) is 9.58. The Hall–Kier alpha value is -3.61. The lowest BCUT2D eigenvalue weighted by Gasteiger charge is -2.23. The molecule has 0 atom stereocenters. The Bertz CT molecular complexity index is 1430. The van der Waals surface area contributed by atoms with Crippen molar-refractivity contribution in [3.8, 4) is 11.5 Å². The van der Waals surface area contributed by atoms with Gasteiger partial charge in [0.2, 0.25) is 10.0 Å². The first-order valence-corrected chi connectivity index (χ1v) is 14.2. The molecule has 0 heterocycles. The first kappa shape index (κ1) is 27.4. The Morgan fingerprint density at radius 3 is 1.97 bits per heavy atom. The molecular formula is C32H35NO4S. The van der Waals surface area contributed by atoms with Crippen LogP contribution in [0.5, 0.6) is 11.5 Å². The summed E-state index contributed by atoms with van der Waals surface area (Å²) in [5.41, 5.74) is 6.19. The Kier molecular flexibility index (Phi) is 8.87. The van der Waals surface area contributed by atoms with Crippen molar-refractivity contribution in [2.75, 3.05) is 13.7 Å². The lowest BCUT2D eigenvalue weighted by Crippen LogP contribution is -2.32. The van der Waals surface area contributed by atoms with Crippen LogP contribution < -0.4 is 9.47 Å². The predicted octanol–water partition coefficient (Wildman–Crippen LogP) is 6.63. The Morgan fingerprint density at radius 1 is 0.737 bits per heavy atom. The molecule has 0 N–H and O–H groups in total. The molecule has 4 aromatic carbocycles. The van der Waals surface area contributed by atoms with Gasteiger partial charge in [-0.3, -0.25) is 0 Å². The predicted molar refractivity (Wildman–Crippen MR) is 152 cm³/mol. The highest BCUT2D eigenvalue weighted by atomic mass is 32.2. The Morgan fingerprint density at radius 2 is 1.37 bits per heavy atom. The van der Waals surface area contributed by atoms with Crippen molar-refractivity contribution in [1.82, 2.24) is 4.31 Å². The molecule has 4 rings (SSSR count). The van der Waals surface area contributed by atoms with E-state index in [0.29, 0.717) is 24.5 Å². The van der Waals surface area contributed by atoms with E-state index in [0.717, 1.165) is 44.9 Å². The van der Waals surface area contributed by atoms with E-state index >= 15 is 0 Å². The third-order valence-electron chi connectivity index (χ3n) is 6.57. The first-order valence-electron chi connectivity index (χ1n) is 12.7. The van der Waals surface area contributed by atoms with E-state index < -0.39 is 10.0 Å². The quantitative estimate of drug-likeness (QED) is 0.219. The standard InChI is InChI=1S/C32H35NO4S/c1-24-10-16-31(17-11-24)38(34,35)33(22-27-12-14-30(36-4)15-13-27)19-18-29-20-25(2)32(26(3)21-29)37-23-28-8-6-5-7-9-28/h5-17,20-21H,18-19,22-23H2,1-4H3. The Labute approximate surface area is 226 Å². The summed E-state index contributed by atoms with van der Waals surface area (Å²) in [7, 11) is -2.08. The molecule has 0 spiro atoms. The molecule has 0 aliphatic rings. The van der Waals surface area contributed by atoms with Crippen molar-refractivity contribution in [3.05, 3.63) is 124 Å². The largest absolute Gasteiger partial charge is 0.497 e. The molecule has 0 fully saturated rings. The van der Waals surface area contributed by atoms with Gasteiger partial charge in [0, 0.05) is 13.1 Å². The topological polar surface area (TPSA) is 55.8 Å². The summed E-state index contributed by atoms with van der Waals surface area (Å²) >= 11 is 0. The highest BCUT2D eigenvalue weighted by molar-refractivity contribution is 7.89. The molecule has 5 nitrogen and oxygen atoms in total. The van der Waals surface area contributed by atoms with Crippen molar-refractivity contribution >= 4 is 10.0 Å². The molecule has 198 valence electrons. The van der Waals surface area contributed by atoms with E-state index in [2.05, 4.69) is 12.1 Å². The molecule has 0 unspecified atom stereocenters. The molecule has 0 bridgehead atoms. The minimum Gasteiger partial charge on any atom is -0.497 e. The highest BCUT2D eigenvalue weighted by Gasteiger charge is 2.25. The van der Waals surface area contributed by atoms with Gasteiger partial charge >= 0.3 is 0 Å². The van der Waals surface area contributed by atoms with Gasteiger partial charge < -0.3 is 9.47 Å². The van der Waals surface area contributed by atoms with Crippen molar-refractivity contribution in [3.63, 3.8) is 0 Å². The van der Waals surface area contributed by atoms with Gasteiger partial charge in [-0.1, -0.05) is 72.3 Å². The van der Waals surface area contributed by atoms with Gasteiger partial charge in [0.15, 0.2) is 0 Å². The minimum atomic E-state index is -3.69. The fraction of sp³-hybridized carbons (Fsp3) is 0.250. The second kappa shape index (κ2) is 12.3. The number of ether oxygens (including phenoxy) is 2. The summed E-state index contributed by atoms with van der Waals surface area (Å²) in [4.78, 5) is 0.300. The second-order valence-corrected chi connectivity index (χ2v) is 11.5. The van der Waals surface area contributed by atoms with Gasteiger partial charge in [-0.25, -0.2) is 8.42 Å². The van der Waals surface area contributed by atoms with E-state index in [1.165, 1.54) is 0 Å². The fourth-order valence-electron chi connectivity index (χ4n) is 4.47. The Balaban J connectivity index is 1.54. The van der Waals surface area contributed by atoms with Crippen LogP contribution in [-0.2, 0) is 29.6 Å². The average Bonchev–Trinajstić information content (AvgIpc) is 2.91. The van der Waals surface area contributed by atoms with E-state index in [1.807, 2.05) is 87.5 Å². The van der Waals surface area contributed by atoms with Crippen molar-refractivity contribution < 1.29 is 17.9 Å². The first-order chi connectivity index (χ1) is 18.3. The summed E-state index contributed by atoms with van der Waals surface area (Å²) in [5, 5.41) is 0. The molecule has 0 amide bonds. The fourth-order valence-corrected chi connectivity index (χ4v) is 5.90. The monoisotopic (exact) mass is 529 g/mol. The van der Waals surface area contributed by atoms with Crippen LogP contribution in [0.1, 0.15) is 33.4 Å². The van der Waals surface area contributed by atoms with Crippen LogP contribution >= 0.6 is 0 Å². The van der Waals surface area contributed by atoms with E-state index in [4.69, 9.17) is 9.47 Å². The molecule has 0 radical (unpaired) electrons. The third kappa shape index (κ3) is 6.82. The van der Waals surface area contributed by atoms with Crippen molar-refractivity contribution in [2.24, 2.45) is 0 Å². The summed E-state index contributed by atoms with van der Waals surface area (Å²) in [6, 6.07) is 28.8. The average molecular weight is 530 g/mol. The molecule has 6 heteroatoms. The van der Waals surface area contributed by atoms with E-state index in [1.54, 1.807) is 23.5 Å². The van der Waals surface area contributed by atoms with Gasteiger partial charge in [0.05, 0.1) is 12.0 Å². The summed E-state index contributed by atoms with van der Waals surface area (Å²) in [5.74, 6) is 1.61. The van der Waals surface area contributed by atoms with Crippen molar-refractivity contribution in [1.29, 1.82) is 0 Å². The van der Waals surface area contributed by atoms with Gasteiger partial charge in [-0.05, 0) is 79.3 Å². The molecular weight excluding hydrogens is 494 g/mol. The molecule has 0 saturated heterocycles. The van der Waals surface area contributed by atoms with Gasteiger partial charge in [0.25, 0.3) is 0 Å². The molecule has 0 aliphatic carbocycles. The molecule has 4 aromatic rings. The number of nitrogens with zero attached hydrogens (tertiary/aromatic N) is 1. The number of hydrogen-bond donors (Lipinski definition) is 0. The number of rotatable bonds is 11. The number of aryl methyl sites for hydroxylation is 3. The lowest BCUT2D eigenvalue weighted by molar-refractivity contribution is 0.302. The summed E-state index contributed by atoms with van der Waals surface area (Å²) < 4.78 is 40.3. The molecule has 38 heavy (non-hydrogen) atoms. The number of sulfonamides is 1. The van der Waals surface area contributed by atoms with Gasteiger partial charge in [-0.2, -0.15) is 4.31 Å². The van der Waals surface area contributed by atoms with E-state index in [9.17, 15) is 8.42 Å². The number of benzene rings is 4. The maximum absolute atomic E-state index is 13.7. The highest BCUT2D eigenvalue weighted by Crippen LogP contribution is 2.27. The molecule has 0 aliphatic heterocycles. The number of hydrogen-bond acceptors (Lipinski definition) is 4. The van der Waals surface area contributed by atoms with Crippen LogP contribution in [0.15, 0.2) is 95.9 Å². The molecule has 0 saturated carbocycles. The van der Waals surface area contributed by atoms with Gasteiger partial charge in [-0.15, -0.1) is 0 Å². The normalized spacial score (nSPS) is 11.5. The summed E-state index contributed by atoms with van der Waals surface area (Å²) in [6.07, 6.45) is 0.585. The zero-order chi connectivity index (χ0) is 27.1. The maximum Gasteiger partial charge on any atom is 0.243 e. The summed E-state index contributed by atoms with van der Waals surface area (Å²) in [6.45, 7) is 7.15. The smallest absolute Gasteiger partial charge is 0.243 e. The third-order valence-corrected chi connectivity index (χ3v) is 8.43. The van der Waals surface area contributed by atoms with Crippen LogP contribution in [0, 0.1) is 20.8 Å². The van der Waals surface area contributed by atoms with Crippen molar-refractivity contribution in [2.45, 2.75) is 45.2 Å². The van der Waals surface area contributed by atoms with Crippen LogP contribution in [0.4, 0.5) is 0 Å². The van der Waals surface area contributed by atoms with Crippen LogP contribution in [-0.4, -0.2) is 26.4 Å². The maximum atomic E-state index is 13.7.